The van der Waals surface area contributed by atoms with Crippen molar-refractivity contribution in [2.45, 2.75) is 19.1 Å². The van der Waals surface area contributed by atoms with Crippen molar-refractivity contribution in [3.63, 3.8) is 0 Å². The summed E-state index contributed by atoms with van der Waals surface area (Å²) < 4.78 is 17.9. The van der Waals surface area contributed by atoms with Crippen molar-refractivity contribution in [3.05, 3.63) is 94.7 Å². The highest BCUT2D eigenvalue weighted by Crippen LogP contribution is 2.43. The number of rotatable bonds is 3. The summed E-state index contributed by atoms with van der Waals surface area (Å²) in [6, 6.07) is 11.4. The highest BCUT2D eigenvalue weighted by molar-refractivity contribution is 6.31. The summed E-state index contributed by atoms with van der Waals surface area (Å²) in [6.45, 7) is 1.93. The third-order valence-electron chi connectivity index (χ3n) is 6.82. The summed E-state index contributed by atoms with van der Waals surface area (Å²) >= 11 is 6.48. The van der Waals surface area contributed by atoms with Crippen molar-refractivity contribution in [1.82, 2.24) is 34.7 Å². The molecule has 2 aliphatic heterocycles. The van der Waals surface area contributed by atoms with Gasteiger partial charge in [-0.25, -0.2) is 13.9 Å². The predicted molar refractivity (Wildman–Crippen MR) is 130 cm³/mol. The SMILES string of the molecule is O=C1NC(c2cc(F)ccc2Cl)c2c1cc(-c1ccc3ncnn3c1)cc2N1CCn2cnnc2C1. The van der Waals surface area contributed by atoms with E-state index in [9.17, 15) is 9.18 Å². The average molecular weight is 501 g/mol. The summed E-state index contributed by atoms with van der Waals surface area (Å²) in [4.78, 5) is 19.7. The molecule has 9 nitrogen and oxygen atoms in total. The average Bonchev–Trinajstić information content (AvgIpc) is 3.63. The minimum Gasteiger partial charge on any atom is -0.362 e. The molecule has 0 saturated heterocycles. The first-order valence-electron chi connectivity index (χ1n) is 11.4. The van der Waals surface area contributed by atoms with Gasteiger partial charge in [-0.15, -0.1) is 10.2 Å². The van der Waals surface area contributed by atoms with Gasteiger partial charge < -0.3 is 14.8 Å². The van der Waals surface area contributed by atoms with Crippen LogP contribution < -0.4 is 10.2 Å². The Kier molecular flexibility index (Phi) is 4.58. The van der Waals surface area contributed by atoms with Crippen LogP contribution in [0.15, 0.2) is 61.3 Å². The molecule has 5 heterocycles. The zero-order valence-corrected chi connectivity index (χ0v) is 19.5. The lowest BCUT2D eigenvalue weighted by Gasteiger charge is -2.32. The van der Waals surface area contributed by atoms with Gasteiger partial charge in [-0.3, -0.25) is 4.79 Å². The molecule has 1 amide bonds. The van der Waals surface area contributed by atoms with E-state index in [1.54, 1.807) is 10.8 Å². The first-order chi connectivity index (χ1) is 17.5. The fourth-order valence-corrected chi connectivity index (χ4v) is 5.29. The Hall–Kier alpha value is -4.31. The number of amides is 1. The molecule has 0 bridgehead atoms. The molecule has 0 fully saturated rings. The maximum atomic E-state index is 14.2. The third-order valence-corrected chi connectivity index (χ3v) is 7.17. The first kappa shape index (κ1) is 21.0. The molecule has 1 unspecified atom stereocenters. The second-order valence-corrected chi connectivity index (χ2v) is 9.28. The Bertz CT molecular complexity index is 1680. The number of benzene rings is 2. The lowest BCUT2D eigenvalue weighted by Crippen LogP contribution is -2.34. The Labute approximate surface area is 209 Å². The van der Waals surface area contributed by atoms with Gasteiger partial charge in [0, 0.05) is 52.3 Å². The zero-order valence-electron chi connectivity index (χ0n) is 18.8. The van der Waals surface area contributed by atoms with E-state index >= 15 is 0 Å². The van der Waals surface area contributed by atoms with E-state index in [2.05, 4.69) is 36.6 Å². The third kappa shape index (κ3) is 3.25. The van der Waals surface area contributed by atoms with Crippen LogP contribution in [0.3, 0.4) is 0 Å². The largest absolute Gasteiger partial charge is 0.362 e. The molecular formula is C25H18ClFN8O. The number of hydrogen-bond acceptors (Lipinski definition) is 6. The molecule has 7 rings (SSSR count). The van der Waals surface area contributed by atoms with Crippen molar-refractivity contribution in [3.8, 4) is 11.1 Å². The second kappa shape index (κ2) is 7.85. The number of anilines is 1. The Morgan fingerprint density at radius 2 is 2.00 bits per heavy atom. The molecule has 5 aromatic rings. The lowest BCUT2D eigenvalue weighted by molar-refractivity contribution is 0.0960. The van der Waals surface area contributed by atoms with Crippen LogP contribution >= 0.6 is 11.6 Å². The minimum absolute atomic E-state index is 0.236. The van der Waals surface area contributed by atoms with Crippen molar-refractivity contribution in [2.75, 3.05) is 11.4 Å². The smallest absolute Gasteiger partial charge is 0.252 e. The van der Waals surface area contributed by atoms with Crippen LogP contribution in [0.4, 0.5) is 10.1 Å². The number of pyridine rings is 1. The molecule has 178 valence electrons. The van der Waals surface area contributed by atoms with Crippen LogP contribution in [0.25, 0.3) is 16.8 Å². The molecule has 1 N–H and O–H groups in total. The summed E-state index contributed by atoms with van der Waals surface area (Å²) in [5.41, 5.74) is 5.14. The molecule has 36 heavy (non-hydrogen) atoms. The number of halogens is 2. The molecule has 2 aliphatic rings. The molecule has 11 heteroatoms. The van der Waals surface area contributed by atoms with Gasteiger partial charge >= 0.3 is 0 Å². The highest BCUT2D eigenvalue weighted by Gasteiger charge is 2.36. The van der Waals surface area contributed by atoms with Gasteiger partial charge in [-0.2, -0.15) is 5.10 Å². The molecule has 2 aromatic carbocycles. The Balaban J connectivity index is 1.43. The summed E-state index contributed by atoms with van der Waals surface area (Å²) in [5.74, 6) is 0.185. The van der Waals surface area contributed by atoms with Gasteiger partial charge in [0.05, 0.1) is 12.6 Å². The van der Waals surface area contributed by atoms with Crippen LogP contribution in [-0.2, 0) is 13.1 Å². The number of carbonyl (C=O) groups is 1. The van der Waals surface area contributed by atoms with Crippen LogP contribution in [0, 0.1) is 5.82 Å². The van der Waals surface area contributed by atoms with Crippen LogP contribution in [0.1, 0.15) is 33.4 Å². The lowest BCUT2D eigenvalue weighted by atomic mass is 9.92. The topological polar surface area (TPSA) is 93.2 Å². The van der Waals surface area contributed by atoms with Crippen LogP contribution in [0.2, 0.25) is 5.02 Å². The monoisotopic (exact) mass is 500 g/mol. The van der Waals surface area contributed by atoms with E-state index in [1.165, 1.54) is 24.5 Å². The van der Waals surface area contributed by atoms with Gasteiger partial charge in [-0.1, -0.05) is 11.6 Å². The van der Waals surface area contributed by atoms with E-state index < -0.39 is 11.9 Å². The Morgan fingerprint density at radius 3 is 2.92 bits per heavy atom. The quantitative estimate of drug-likeness (QED) is 0.406. The van der Waals surface area contributed by atoms with E-state index in [0.717, 1.165) is 33.8 Å². The fourth-order valence-electron chi connectivity index (χ4n) is 5.07. The number of fused-ring (bicyclic) bond motifs is 3. The molecule has 1 atom stereocenters. The van der Waals surface area contributed by atoms with Crippen molar-refractivity contribution in [2.24, 2.45) is 0 Å². The minimum atomic E-state index is -0.586. The van der Waals surface area contributed by atoms with Gasteiger partial charge in [0.15, 0.2) is 11.5 Å². The van der Waals surface area contributed by atoms with Crippen LogP contribution in [0.5, 0.6) is 0 Å². The summed E-state index contributed by atoms with van der Waals surface area (Å²) in [6.07, 6.45) is 5.10. The number of nitrogens with zero attached hydrogens (tertiary/aromatic N) is 7. The maximum absolute atomic E-state index is 14.2. The summed E-state index contributed by atoms with van der Waals surface area (Å²) in [7, 11) is 0. The molecule has 0 radical (unpaired) electrons. The zero-order chi connectivity index (χ0) is 24.4. The predicted octanol–water partition coefficient (Wildman–Crippen LogP) is 3.63. The van der Waals surface area contributed by atoms with Gasteiger partial charge in [0.25, 0.3) is 5.91 Å². The van der Waals surface area contributed by atoms with Gasteiger partial charge in [-0.05, 0) is 48.0 Å². The molecule has 0 saturated carbocycles. The Morgan fingerprint density at radius 1 is 1.08 bits per heavy atom. The van der Waals surface area contributed by atoms with Crippen LogP contribution in [-0.4, -0.2) is 41.8 Å². The normalized spacial score (nSPS) is 16.8. The summed E-state index contributed by atoms with van der Waals surface area (Å²) in [5, 5.41) is 15.9. The number of hydrogen-bond donors (Lipinski definition) is 1. The van der Waals surface area contributed by atoms with Crippen molar-refractivity contribution < 1.29 is 9.18 Å². The number of aromatic nitrogens is 6. The molecule has 0 spiro atoms. The standard InChI is InChI=1S/C25H18ClFN8O/c26-19-3-2-16(27)9-17(19)24-23-18(25(36)31-24)7-15(14-1-4-21-28-12-30-35(21)10-14)8-20(23)33-5-6-34-13-29-32-22(34)11-33/h1-4,7-10,12-13,24H,5-6,11H2,(H,31,36). The first-order valence-corrected chi connectivity index (χ1v) is 11.8. The van der Waals surface area contributed by atoms with Gasteiger partial charge in [0.1, 0.15) is 18.5 Å². The van der Waals surface area contributed by atoms with Crippen molar-refractivity contribution >= 4 is 28.8 Å². The molecule has 0 aliphatic carbocycles. The van der Waals surface area contributed by atoms with E-state index in [1.807, 2.05) is 29.0 Å². The van der Waals surface area contributed by atoms with E-state index in [-0.39, 0.29) is 5.91 Å². The molecule has 3 aromatic heterocycles. The molecular weight excluding hydrogens is 483 g/mol. The fraction of sp³-hybridized carbons (Fsp3) is 0.160. The highest BCUT2D eigenvalue weighted by atomic mass is 35.5. The van der Waals surface area contributed by atoms with E-state index in [4.69, 9.17) is 11.6 Å². The van der Waals surface area contributed by atoms with E-state index in [0.29, 0.717) is 35.8 Å². The van der Waals surface area contributed by atoms with Crippen molar-refractivity contribution in [1.29, 1.82) is 0 Å². The maximum Gasteiger partial charge on any atom is 0.252 e. The second-order valence-electron chi connectivity index (χ2n) is 8.87. The van der Waals surface area contributed by atoms with Gasteiger partial charge in [0.2, 0.25) is 0 Å². The number of nitrogens with one attached hydrogen (secondary N) is 1. The number of carbonyl (C=O) groups excluding carboxylic acids is 1.